The molecule has 0 fully saturated rings. The van der Waals surface area contributed by atoms with Gasteiger partial charge in [0.05, 0.1) is 12.3 Å². The summed E-state index contributed by atoms with van der Waals surface area (Å²) in [5.74, 6) is 0.577. The van der Waals surface area contributed by atoms with Gasteiger partial charge < -0.3 is 14.8 Å². The molecule has 2 aromatic rings. The minimum Gasteiger partial charge on any atom is -0.491 e. The average Bonchev–Trinajstić information content (AvgIpc) is 2.61. The first kappa shape index (κ1) is 18.2. The van der Waals surface area contributed by atoms with Crippen LogP contribution in [0.2, 0.25) is 0 Å². The summed E-state index contributed by atoms with van der Waals surface area (Å²) >= 11 is 0. The number of rotatable bonds is 8. The Bertz CT molecular complexity index is 702. The Morgan fingerprint density at radius 1 is 1.25 bits per heavy atom. The summed E-state index contributed by atoms with van der Waals surface area (Å²) in [6.45, 7) is 6.54. The first-order chi connectivity index (χ1) is 11.6. The van der Waals surface area contributed by atoms with Crippen molar-refractivity contribution in [2.75, 3.05) is 19.0 Å². The van der Waals surface area contributed by atoms with Gasteiger partial charge in [-0.1, -0.05) is 20.3 Å². The van der Waals surface area contributed by atoms with Crippen molar-refractivity contribution in [3.63, 3.8) is 0 Å². The maximum Gasteiger partial charge on any atom is 0.256 e. The van der Waals surface area contributed by atoms with E-state index in [1.54, 1.807) is 13.3 Å². The van der Waals surface area contributed by atoms with Gasteiger partial charge in [0.2, 0.25) is 0 Å². The standard InChI is InChI=1S/C19H26N2O3/c1-5-11-19(3,23-4)18(22)21-15-9-10-16(24-13-6-2)17-14(15)8-7-12-20-17/h7-10,12H,5-6,11,13H2,1-4H3,(H,21,22)/t19-/m0/s1. The van der Waals surface area contributed by atoms with Crippen LogP contribution in [0.15, 0.2) is 30.5 Å². The number of benzene rings is 1. The number of pyridine rings is 1. The van der Waals surface area contributed by atoms with Gasteiger partial charge >= 0.3 is 0 Å². The lowest BCUT2D eigenvalue weighted by atomic mass is 9.99. The Labute approximate surface area is 143 Å². The number of nitrogens with one attached hydrogen (secondary N) is 1. The Kier molecular flexibility index (Phi) is 6.15. The molecule has 0 aliphatic rings. The van der Waals surface area contributed by atoms with Crippen LogP contribution in [0.1, 0.15) is 40.0 Å². The third-order valence-corrected chi connectivity index (χ3v) is 4.10. The van der Waals surface area contributed by atoms with E-state index >= 15 is 0 Å². The van der Waals surface area contributed by atoms with E-state index in [-0.39, 0.29) is 5.91 Å². The summed E-state index contributed by atoms with van der Waals surface area (Å²) in [6, 6.07) is 7.49. The number of amides is 1. The maximum atomic E-state index is 12.7. The molecule has 0 aliphatic carbocycles. The number of methoxy groups -OCH3 is 1. The predicted octanol–water partition coefficient (Wildman–Crippen LogP) is 4.17. The van der Waals surface area contributed by atoms with Crippen LogP contribution in [0.25, 0.3) is 10.9 Å². The van der Waals surface area contributed by atoms with Gasteiger partial charge in [0.1, 0.15) is 16.9 Å². The van der Waals surface area contributed by atoms with Gasteiger partial charge in [0.15, 0.2) is 0 Å². The second kappa shape index (κ2) is 8.11. The molecule has 0 saturated heterocycles. The molecule has 24 heavy (non-hydrogen) atoms. The van der Waals surface area contributed by atoms with Crippen LogP contribution in [0, 0.1) is 0 Å². The number of fused-ring (bicyclic) bond motifs is 1. The molecular weight excluding hydrogens is 304 g/mol. The van der Waals surface area contributed by atoms with Gasteiger partial charge in [-0.15, -0.1) is 0 Å². The number of carbonyl (C=O) groups is 1. The van der Waals surface area contributed by atoms with Crippen LogP contribution in [0.5, 0.6) is 5.75 Å². The molecule has 130 valence electrons. The Hall–Kier alpha value is -2.14. The van der Waals surface area contributed by atoms with Crippen LogP contribution in [0.3, 0.4) is 0 Å². The van der Waals surface area contributed by atoms with E-state index in [4.69, 9.17) is 9.47 Å². The normalized spacial score (nSPS) is 13.5. The lowest BCUT2D eigenvalue weighted by Gasteiger charge is -2.26. The van der Waals surface area contributed by atoms with Crippen molar-refractivity contribution in [3.8, 4) is 5.75 Å². The summed E-state index contributed by atoms with van der Waals surface area (Å²) < 4.78 is 11.2. The van der Waals surface area contributed by atoms with Crippen LogP contribution < -0.4 is 10.1 Å². The molecule has 0 saturated carbocycles. The molecule has 5 heteroatoms. The highest BCUT2D eigenvalue weighted by atomic mass is 16.5. The van der Waals surface area contributed by atoms with Crippen molar-refractivity contribution in [3.05, 3.63) is 30.5 Å². The van der Waals surface area contributed by atoms with Crippen LogP contribution in [0.4, 0.5) is 5.69 Å². The van der Waals surface area contributed by atoms with E-state index in [0.29, 0.717) is 18.7 Å². The molecule has 0 radical (unpaired) electrons. The van der Waals surface area contributed by atoms with Crippen LogP contribution in [-0.2, 0) is 9.53 Å². The quantitative estimate of drug-likeness (QED) is 0.789. The zero-order chi connectivity index (χ0) is 17.6. The number of hydrogen-bond acceptors (Lipinski definition) is 4. The minimum absolute atomic E-state index is 0.153. The number of carbonyl (C=O) groups excluding carboxylic acids is 1. The first-order valence-electron chi connectivity index (χ1n) is 8.42. The number of aromatic nitrogens is 1. The van der Waals surface area contributed by atoms with E-state index in [2.05, 4.69) is 17.2 Å². The SMILES string of the molecule is CCCOc1ccc(NC(=O)[C@](C)(CCC)OC)c2cccnc12. The zero-order valence-corrected chi connectivity index (χ0v) is 14.9. The smallest absolute Gasteiger partial charge is 0.256 e. The van der Waals surface area contributed by atoms with Gasteiger partial charge in [-0.05, 0) is 44.0 Å². The van der Waals surface area contributed by atoms with Gasteiger partial charge in [-0.3, -0.25) is 9.78 Å². The summed E-state index contributed by atoms with van der Waals surface area (Å²) in [6.07, 6.45) is 4.17. The predicted molar refractivity (Wildman–Crippen MR) is 96.5 cm³/mol. The Morgan fingerprint density at radius 2 is 2.04 bits per heavy atom. The molecule has 1 atom stereocenters. The fourth-order valence-corrected chi connectivity index (χ4v) is 2.62. The molecular formula is C19H26N2O3. The Morgan fingerprint density at radius 3 is 2.71 bits per heavy atom. The lowest BCUT2D eigenvalue weighted by molar-refractivity contribution is -0.136. The largest absolute Gasteiger partial charge is 0.491 e. The van der Waals surface area contributed by atoms with Crippen LogP contribution in [-0.4, -0.2) is 30.2 Å². The lowest BCUT2D eigenvalue weighted by Crippen LogP contribution is -2.41. The zero-order valence-electron chi connectivity index (χ0n) is 14.9. The van der Waals surface area contributed by atoms with Gasteiger partial charge in [-0.25, -0.2) is 0 Å². The fraction of sp³-hybridized carbons (Fsp3) is 0.474. The average molecular weight is 330 g/mol. The van der Waals surface area contributed by atoms with Crippen molar-refractivity contribution in [2.45, 2.75) is 45.6 Å². The van der Waals surface area contributed by atoms with Crippen molar-refractivity contribution in [2.24, 2.45) is 0 Å². The molecule has 1 aromatic carbocycles. The summed E-state index contributed by atoms with van der Waals surface area (Å²) in [5, 5.41) is 3.84. The molecule has 1 amide bonds. The highest BCUT2D eigenvalue weighted by Crippen LogP contribution is 2.31. The molecule has 0 spiro atoms. The molecule has 5 nitrogen and oxygen atoms in total. The number of anilines is 1. The van der Waals surface area contributed by atoms with Crippen molar-refractivity contribution < 1.29 is 14.3 Å². The van der Waals surface area contributed by atoms with Crippen molar-refractivity contribution in [1.82, 2.24) is 4.98 Å². The minimum atomic E-state index is -0.847. The molecule has 0 aliphatic heterocycles. The van der Waals surface area contributed by atoms with Crippen molar-refractivity contribution >= 4 is 22.5 Å². The maximum absolute atomic E-state index is 12.7. The topological polar surface area (TPSA) is 60.5 Å². The number of nitrogens with zero attached hydrogens (tertiary/aromatic N) is 1. The van der Waals surface area contributed by atoms with Crippen LogP contribution >= 0.6 is 0 Å². The molecule has 1 aromatic heterocycles. The summed E-state index contributed by atoms with van der Waals surface area (Å²) in [4.78, 5) is 17.1. The Balaban J connectivity index is 2.35. The number of ether oxygens (including phenoxy) is 2. The third-order valence-electron chi connectivity index (χ3n) is 4.10. The summed E-state index contributed by atoms with van der Waals surface area (Å²) in [5.41, 5.74) is 0.616. The molecule has 0 unspecified atom stereocenters. The summed E-state index contributed by atoms with van der Waals surface area (Å²) in [7, 11) is 1.57. The van der Waals surface area contributed by atoms with E-state index in [9.17, 15) is 4.79 Å². The second-order valence-corrected chi connectivity index (χ2v) is 6.00. The monoisotopic (exact) mass is 330 g/mol. The fourth-order valence-electron chi connectivity index (χ4n) is 2.62. The van der Waals surface area contributed by atoms with E-state index in [1.165, 1.54) is 0 Å². The van der Waals surface area contributed by atoms with Gasteiger partial charge in [-0.2, -0.15) is 0 Å². The van der Waals surface area contributed by atoms with E-state index < -0.39 is 5.60 Å². The molecule has 1 N–H and O–H groups in total. The van der Waals surface area contributed by atoms with Crippen molar-refractivity contribution in [1.29, 1.82) is 0 Å². The molecule has 1 heterocycles. The molecule has 0 bridgehead atoms. The third kappa shape index (κ3) is 3.85. The van der Waals surface area contributed by atoms with E-state index in [0.717, 1.165) is 29.5 Å². The van der Waals surface area contributed by atoms with Gasteiger partial charge in [0, 0.05) is 18.7 Å². The highest BCUT2D eigenvalue weighted by Gasteiger charge is 2.32. The van der Waals surface area contributed by atoms with Gasteiger partial charge in [0.25, 0.3) is 5.91 Å². The first-order valence-corrected chi connectivity index (χ1v) is 8.42. The molecule has 2 rings (SSSR count). The van der Waals surface area contributed by atoms with E-state index in [1.807, 2.05) is 38.1 Å². The number of hydrogen-bond donors (Lipinski definition) is 1. The second-order valence-electron chi connectivity index (χ2n) is 6.00. The highest BCUT2D eigenvalue weighted by molar-refractivity contribution is 6.05.